The first kappa shape index (κ1) is 13.1. The van der Waals surface area contributed by atoms with E-state index in [1.165, 1.54) is 6.07 Å². The van der Waals surface area contributed by atoms with Crippen molar-refractivity contribution in [3.8, 4) is 5.88 Å². The summed E-state index contributed by atoms with van der Waals surface area (Å²) in [6.45, 7) is 2.98. The molecule has 0 aliphatic rings. The fraction of sp³-hybridized carbons (Fsp3) is 0.286. The van der Waals surface area contributed by atoms with Crippen molar-refractivity contribution in [2.45, 2.75) is 20.0 Å². The van der Waals surface area contributed by atoms with Crippen LogP contribution < -0.4 is 10.1 Å². The quantitative estimate of drug-likeness (QED) is 0.866. The molecule has 1 aromatic carbocycles. The number of carbonyl (C=O) groups excluding carboxylic acids is 1. The van der Waals surface area contributed by atoms with Crippen LogP contribution in [0.25, 0.3) is 0 Å². The van der Waals surface area contributed by atoms with Gasteiger partial charge in [0.1, 0.15) is 6.61 Å². The van der Waals surface area contributed by atoms with Crippen molar-refractivity contribution in [1.29, 1.82) is 0 Å². The Morgan fingerprint density at radius 3 is 2.89 bits per heavy atom. The first-order chi connectivity index (χ1) is 9.29. The minimum Gasteiger partial charge on any atom is -0.471 e. The molecule has 0 atom stereocenters. The maximum Gasteiger partial charge on any atom is 0.290 e. The van der Waals surface area contributed by atoms with Gasteiger partial charge in [-0.05, 0) is 17.1 Å². The predicted octanol–water partition coefficient (Wildman–Crippen LogP) is 2.39. The van der Waals surface area contributed by atoms with Gasteiger partial charge in [-0.15, -0.1) is 0 Å². The van der Waals surface area contributed by atoms with E-state index >= 15 is 0 Å². The normalized spacial score (nSPS) is 10.2. The molecule has 0 bridgehead atoms. The van der Waals surface area contributed by atoms with Gasteiger partial charge in [-0.3, -0.25) is 4.79 Å². The average Bonchev–Trinajstić information content (AvgIpc) is 2.92. The van der Waals surface area contributed by atoms with Crippen molar-refractivity contribution < 1.29 is 14.1 Å². The topological polar surface area (TPSA) is 64.4 Å². The lowest BCUT2D eigenvalue weighted by atomic mass is 10.2. The molecule has 0 aliphatic carbocycles. The van der Waals surface area contributed by atoms with Crippen LogP contribution in [0.2, 0.25) is 0 Å². The highest BCUT2D eigenvalue weighted by molar-refractivity contribution is 5.91. The van der Waals surface area contributed by atoms with Gasteiger partial charge in [0.2, 0.25) is 5.76 Å². The van der Waals surface area contributed by atoms with Crippen molar-refractivity contribution in [3.05, 3.63) is 47.7 Å². The van der Waals surface area contributed by atoms with E-state index in [1.54, 1.807) is 0 Å². The van der Waals surface area contributed by atoms with Crippen LogP contribution in [0.5, 0.6) is 5.88 Å². The number of rotatable bonds is 6. The summed E-state index contributed by atoms with van der Waals surface area (Å²) in [5.74, 6) is 0.200. The first-order valence-corrected chi connectivity index (χ1v) is 6.21. The minimum atomic E-state index is -0.274. The number of ether oxygens (including phenoxy) is 1. The summed E-state index contributed by atoms with van der Waals surface area (Å²) in [5, 5.41) is 6.41. The number of benzene rings is 1. The second-order valence-electron chi connectivity index (χ2n) is 4.06. The highest BCUT2D eigenvalue weighted by Gasteiger charge is 2.12. The van der Waals surface area contributed by atoms with E-state index in [0.717, 1.165) is 12.0 Å². The molecule has 1 N–H and O–H groups in total. The molecule has 2 rings (SSSR count). The molecule has 5 heteroatoms. The summed E-state index contributed by atoms with van der Waals surface area (Å²) < 4.78 is 10.4. The third kappa shape index (κ3) is 3.84. The highest BCUT2D eigenvalue weighted by Crippen LogP contribution is 2.13. The molecule has 0 fully saturated rings. The molecule has 19 heavy (non-hydrogen) atoms. The lowest BCUT2D eigenvalue weighted by Gasteiger charge is -2.00. The van der Waals surface area contributed by atoms with Crippen molar-refractivity contribution in [1.82, 2.24) is 10.5 Å². The van der Waals surface area contributed by atoms with Gasteiger partial charge in [0.15, 0.2) is 0 Å². The molecule has 0 radical (unpaired) electrons. The Hall–Kier alpha value is -2.30. The molecule has 2 aromatic rings. The Balaban J connectivity index is 1.89. The molecule has 100 valence electrons. The monoisotopic (exact) mass is 260 g/mol. The van der Waals surface area contributed by atoms with Crippen molar-refractivity contribution in [2.75, 3.05) is 6.54 Å². The number of carbonyl (C=O) groups is 1. The van der Waals surface area contributed by atoms with Gasteiger partial charge in [0.05, 0.1) is 6.07 Å². The second kappa shape index (κ2) is 6.58. The van der Waals surface area contributed by atoms with Gasteiger partial charge in [0.25, 0.3) is 11.8 Å². The van der Waals surface area contributed by atoms with Crippen LogP contribution in [-0.2, 0) is 6.61 Å². The van der Waals surface area contributed by atoms with Crippen molar-refractivity contribution in [3.63, 3.8) is 0 Å². The summed E-state index contributed by atoms with van der Waals surface area (Å²) in [6, 6.07) is 11.2. The molecule has 1 amide bonds. The molecular weight excluding hydrogens is 244 g/mol. The van der Waals surface area contributed by atoms with Gasteiger partial charge in [-0.25, -0.2) is 0 Å². The summed E-state index contributed by atoms with van der Waals surface area (Å²) in [4.78, 5) is 11.6. The Kier molecular flexibility index (Phi) is 4.55. The van der Waals surface area contributed by atoms with E-state index in [9.17, 15) is 4.79 Å². The van der Waals surface area contributed by atoms with Crippen LogP contribution in [0.4, 0.5) is 0 Å². The van der Waals surface area contributed by atoms with E-state index in [1.807, 2.05) is 37.3 Å². The lowest BCUT2D eigenvalue weighted by molar-refractivity contribution is 0.0916. The zero-order valence-electron chi connectivity index (χ0n) is 10.8. The highest BCUT2D eigenvalue weighted by atomic mass is 16.5. The lowest BCUT2D eigenvalue weighted by Crippen LogP contribution is -2.23. The predicted molar refractivity (Wildman–Crippen MR) is 69.9 cm³/mol. The largest absolute Gasteiger partial charge is 0.471 e. The van der Waals surface area contributed by atoms with E-state index in [0.29, 0.717) is 19.0 Å². The molecule has 0 saturated carbocycles. The first-order valence-electron chi connectivity index (χ1n) is 6.21. The molecular formula is C14H16N2O3. The standard InChI is InChI=1S/C14H16N2O3/c1-2-8-15-14(17)12-9-13(16-19-12)18-10-11-6-4-3-5-7-11/h3-7,9H,2,8,10H2,1H3,(H,15,17). The smallest absolute Gasteiger partial charge is 0.290 e. The molecule has 1 heterocycles. The number of nitrogens with zero attached hydrogens (tertiary/aromatic N) is 1. The molecule has 0 unspecified atom stereocenters. The van der Waals surface area contributed by atoms with Crippen LogP contribution in [-0.4, -0.2) is 17.6 Å². The zero-order valence-corrected chi connectivity index (χ0v) is 10.8. The van der Waals surface area contributed by atoms with Gasteiger partial charge >= 0.3 is 0 Å². The molecule has 5 nitrogen and oxygen atoms in total. The number of hydrogen-bond donors (Lipinski definition) is 1. The van der Waals surface area contributed by atoms with Gasteiger partial charge in [-0.2, -0.15) is 0 Å². The van der Waals surface area contributed by atoms with Gasteiger partial charge < -0.3 is 14.6 Å². The average molecular weight is 260 g/mol. The Bertz CT molecular complexity index is 522. The van der Waals surface area contributed by atoms with Crippen molar-refractivity contribution >= 4 is 5.91 Å². The van der Waals surface area contributed by atoms with Crippen LogP contribution in [0.15, 0.2) is 40.9 Å². The van der Waals surface area contributed by atoms with Gasteiger partial charge in [-0.1, -0.05) is 37.3 Å². The minimum absolute atomic E-state index is 0.163. The van der Waals surface area contributed by atoms with E-state index < -0.39 is 0 Å². The fourth-order valence-corrected chi connectivity index (χ4v) is 1.49. The van der Waals surface area contributed by atoms with E-state index in [4.69, 9.17) is 9.26 Å². The summed E-state index contributed by atoms with van der Waals surface area (Å²) in [7, 11) is 0. The number of amides is 1. The molecule has 1 aromatic heterocycles. The van der Waals surface area contributed by atoms with Crippen LogP contribution in [0, 0.1) is 0 Å². The number of nitrogens with one attached hydrogen (secondary N) is 1. The zero-order chi connectivity index (χ0) is 13.5. The van der Waals surface area contributed by atoms with Crippen LogP contribution >= 0.6 is 0 Å². The Morgan fingerprint density at radius 2 is 2.16 bits per heavy atom. The van der Waals surface area contributed by atoms with Crippen LogP contribution in [0.1, 0.15) is 29.5 Å². The third-order valence-electron chi connectivity index (χ3n) is 2.48. The third-order valence-corrected chi connectivity index (χ3v) is 2.48. The van der Waals surface area contributed by atoms with Crippen LogP contribution in [0.3, 0.4) is 0 Å². The number of aromatic nitrogens is 1. The SMILES string of the molecule is CCCNC(=O)c1cc(OCc2ccccc2)no1. The van der Waals surface area contributed by atoms with Gasteiger partial charge in [0, 0.05) is 6.54 Å². The molecule has 0 spiro atoms. The molecule has 0 aliphatic heterocycles. The molecule has 0 saturated heterocycles. The number of hydrogen-bond acceptors (Lipinski definition) is 4. The summed E-state index contributed by atoms with van der Waals surface area (Å²) in [5.41, 5.74) is 1.03. The Morgan fingerprint density at radius 1 is 1.37 bits per heavy atom. The second-order valence-corrected chi connectivity index (χ2v) is 4.06. The summed E-state index contributed by atoms with van der Waals surface area (Å²) in [6.07, 6.45) is 0.872. The fourth-order valence-electron chi connectivity index (χ4n) is 1.49. The maximum atomic E-state index is 11.6. The van der Waals surface area contributed by atoms with E-state index in [-0.39, 0.29) is 11.7 Å². The Labute approximate surface area is 111 Å². The van der Waals surface area contributed by atoms with Crippen molar-refractivity contribution in [2.24, 2.45) is 0 Å². The maximum absolute atomic E-state index is 11.6. The summed E-state index contributed by atoms with van der Waals surface area (Å²) >= 11 is 0. The van der Waals surface area contributed by atoms with E-state index in [2.05, 4.69) is 10.5 Å².